The number of amides is 1. The van der Waals surface area contributed by atoms with E-state index in [9.17, 15) is 13.6 Å². The van der Waals surface area contributed by atoms with E-state index >= 15 is 0 Å². The van der Waals surface area contributed by atoms with E-state index in [0.717, 1.165) is 25.1 Å². The molecule has 98 valence electrons. The van der Waals surface area contributed by atoms with Gasteiger partial charge in [-0.15, -0.1) is 0 Å². The number of halogens is 3. The van der Waals surface area contributed by atoms with Crippen LogP contribution in [0.15, 0.2) is 16.6 Å². The Morgan fingerprint density at radius 2 is 2.06 bits per heavy atom. The van der Waals surface area contributed by atoms with Crippen molar-refractivity contribution in [2.45, 2.75) is 12.5 Å². The number of hydrogen-bond acceptors (Lipinski definition) is 2. The van der Waals surface area contributed by atoms with Gasteiger partial charge in [-0.25, -0.2) is 8.78 Å². The molecule has 1 aliphatic rings. The van der Waals surface area contributed by atoms with Crippen molar-refractivity contribution in [2.75, 3.05) is 20.1 Å². The Morgan fingerprint density at radius 3 is 2.56 bits per heavy atom. The summed E-state index contributed by atoms with van der Waals surface area (Å²) < 4.78 is 27.4. The number of nitrogens with one attached hydrogen (secondary N) is 1. The van der Waals surface area contributed by atoms with E-state index in [1.165, 1.54) is 0 Å². The summed E-state index contributed by atoms with van der Waals surface area (Å²) in [5, 5.41) is 2.65. The molecule has 2 rings (SSSR count). The van der Waals surface area contributed by atoms with Gasteiger partial charge in [0.15, 0.2) is 0 Å². The lowest BCUT2D eigenvalue weighted by atomic mass is 10.1. The van der Waals surface area contributed by atoms with Gasteiger partial charge < -0.3 is 10.2 Å². The van der Waals surface area contributed by atoms with Crippen LogP contribution in [0, 0.1) is 11.6 Å². The number of carbonyl (C=O) groups is 1. The predicted octanol–water partition coefficient (Wildman–Crippen LogP) is 2.16. The average Bonchev–Trinajstić information content (AvgIpc) is 2.62. The number of likely N-dealkylation sites (N-methyl/N-ethyl adjacent to an activating group) is 1. The molecule has 1 unspecified atom stereocenters. The highest BCUT2D eigenvalue weighted by molar-refractivity contribution is 9.10. The fourth-order valence-corrected chi connectivity index (χ4v) is 2.47. The summed E-state index contributed by atoms with van der Waals surface area (Å²) in [7, 11) is 1.94. The molecular formula is C12H13BrF2N2O. The van der Waals surface area contributed by atoms with Gasteiger partial charge in [-0.2, -0.15) is 0 Å². The molecule has 1 heterocycles. The molecule has 1 aromatic rings. The van der Waals surface area contributed by atoms with Crippen molar-refractivity contribution >= 4 is 21.8 Å². The molecule has 0 spiro atoms. The molecule has 1 aliphatic heterocycles. The lowest BCUT2D eigenvalue weighted by Crippen LogP contribution is -2.37. The third-order valence-electron chi connectivity index (χ3n) is 2.96. The highest BCUT2D eigenvalue weighted by Gasteiger charge is 2.24. The first-order valence-electron chi connectivity index (χ1n) is 5.61. The third kappa shape index (κ3) is 2.87. The van der Waals surface area contributed by atoms with Gasteiger partial charge in [-0.1, -0.05) is 15.9 Å². The summed E-state index contributed by atoms with van der Waals surface area (Å²) in [5.41, 5.74) is -0.521. The van der Waals surface area contributed by atoms with Crippen LogP contribution in [-0.2, 0) is 0 Å². The molecule has 6 heteroatoms. The lowest BCUT2D eigenvalue weighted by Gasteiger charge is -2.13. The number of benzene rings is 1. The second kappa shape index (κ2) is 5.32. The fourth-order valence-electron chi connectivity index (χ4n) is 2.07. The van der Waals surface area contributed by atoms with Gasteiger partial charge in [0.2, 0.25) is 0 Å². The second-order valence-corrected chi connectivity index (χ2v) is 5.38. The van der Waals surface area contributed by atoms with Gasteiger partial charge >= 0.3 is 0 Å². The van der Waals surface area contributed by atoms with Crippen LogP contribution in [-0.4, -0.2) is 37.0 Å². The Hall–Kier alpha value is -1.01. The quantitative estimate of drug-likeness (QED) is 0.906. The maximum Gasteiger partial charge on any atom is 0.257 e. The first kappa shape index (κ1) is 13.4. The van der Waals surface area contributed by atoms with Crippen LogP contribution in [0.25, 0.3) is 0 Å². The second-order valence-electron chi connectivity index (χ2n) is 4.47. The molecule has 3 nitrogen and oxygen atoms in total. The topological polar surface area (TPSA) is 32.3 Å². The van der Waals surface area contributed by atoms with Crippen LogP contribution in [0.3, 0.4) is 0 Å². The Bertz CT molecular complexity index is 458. The molecule has 1 saturated heterocycles. The van der Waals surface area contributed by atoms with E-state index in [1.807, 2.05) is 7.05 Å². The summed E-state index contributed by atoms with van der Waals surface area (Å²) in [6.07, 6.45) is 0.794. The van der Waals surface area contributed by atoms with Crippen LogP contribution >= 0.6 is 15.9 Å². The molecular weight excluding hydrogens is 306 g/mol. The van der Waals surface area contributed by atoms with Crippen molar-refractivity contribution in [1.82, 2.24) is 10.2 Å². The van der Waals surface area contributed by atoms with Crippen molar-refractivity contribution in [3.8, 4) is 0 Å². The molecule has 1 amide bonds. The summed E-state index contributed by atoms with van der Waals surface area (Å²) in [6, 6.07) is 2.11. The molecule has 0 aliphatic carbocycles. The largest absolute Gasteiger partial charge is 0.348 e. The van der Waals surface area contributed by atoms with Crippen LogP contribution in [0.2, 0.25) is 0 Å². The maximum absolute atomic E-state index is 13.6. The van der Waals surface area contributed by atoms with Crippen LogP contribution in [0.5, 0.6) is 0 Å². The van der Waals surface area contributed by atoms with Crippen molar-refractivity contribution in [1.29, 1.82) is 0 Å². The van der Waals surface area contributed by atoms with Crippen molar-refractivity contribution < 1.29 is 13.6 Å². The standard InChI is InChI=1S/C12H13BrF2N2O/c1-17-3-2-8(6-17)16-12(18)11-9(14)4-7(13)5-10(11)15/h4-5,8H,2-3,6H2,1H3,(H,16,18). The van der Waals surface area contributed by atoms with Gasteiger partial charge in [0.25, 0.3) is 5.91 Å². The van der Waals surface area contributed by atoms with Crippen LogP contribution < -0.4 is 5.32 Å². The van der Waals surface area contributed by atoms with E-state index < -0.39 is 23.1 Å². The number of likely N-dealkylation sites (tertiary alicyclic amines) is 1. The highest BCUT2D eigenvalue weighted by Crippen LogP contribution is 2.20. The van der Waals surface area contributed by atoms with Crippen molar-refractivity contribution in [3.05, 3.63) is 33.8 Å². The molecule has 1 atom stereocenters. The van der Waals surface area contributed by atoms with Crippen LogP contribution in [0.1, 0.15) is 16.8 Å². The van der Waals surface area contributed by atoms with E-state index in [-0.39, 0.29) is 10.5 Å². The lowest BCUT2D eigenvalue weighted by molar-refractivity contribution is 0.0930. The zero-order valence-electron chi connectivity index (χ0n) is 9.84. The van der Waals surface area contributed by atoms with Crippen LogP contribution in [0.4, 0.5) is 8.78 Å². The minimum absolute atomic E-state index is 0.0510. The number of nitrogens with zero attached hydrogens (tertiary/aromatic N) is 1. The van der Waals surface area contributed by atoms with Gasteiger partial charge in [0, 0.05) is 17.1 Å². The fraction of sp³-hybridized carbons (Fsp3) is 0.417. The Balaban J connectivity index is 2.14. The van der Waals surface area contributed by atoms with E-state index in [4.69, 9.17) is 0 Å². The highest BCUT2D eigenvalue weighted by atomic mass is 79.9. The molecule has 0 bridgehead atoms. The first-order valence-corrected chi connectivity index (χ1v) is 6.40. The van der Waals surface area contributed by atoms with E-state index in [1.54, 1.807) is 0 Å². The minimum Gasteiger partial charge on any atom is -0.348 e. The number of hydrogen-bond donors (Lipinski definition) is 1. The van der Waals surface area contributed by atoms with Crippen molar-refractivity contribution in [2.24, 2.45) is 0 Å². The van der Waals surface area contributed by atoms with Gasteiger partial charge in [-0.05, 0) is 32.1 Å². The molecule has 1 N–H and O–H groups in total. The smallest absolute Gasteiger partial charge is 0.257 e. The normalized spacial score (nSPS) is 20.1. The third-order valence-corrected chi connectivity index (χ3v) is 3.42. The molecule has 18 heavy (non-hydrogen) atoms. The Labute approximate surface area is 112 Å². The zero-order chi connectivity index (χ0) is 13.3. The zero-order valence-corrected chi connectivity index (χ0v) is 11.4. The summed E-state index contributed by atoms with van der Waals surface area (Å²) in [4.78, 5) is 13.9. The minimum atomic E-state index is -0.856. The monoisotopic (exact) mass is 318 g/mol. The van der Waals surface area contributed by atoms with E-state index in [0.29, 0.717) is 6.54 Å². The number of rotatable bonds is 2. The molecule has 1 aromatic carbocycles. The van der Waals surface area contributed by atoms with Gasteiger partial charge in [0.1, 0.15) is 17.2 Å². The Kier molecular flexibility index (Phi) is 3.97. The SMILES string of the molecule is CN1CCC(NC(=O)c2c(F)cc(Br)cc2F)C1. The molecule has 1 fully saturated rings. The number of carbonyl (C=O) groups excluding carboxylic acids is 1. The summed E-state index contributed by atoms with van der Waals surface area (Å²) in [5.74, 6) is -2.41. The maximum atomic E-state index is 13.6. The Morgan fingerprint density at radius 1 is 1.44 bits per heavy atom. The van der Waals surface area contributed by atoms with Gasteiger partial charge in [-0.3, -0.25) is 4.79 Å². The molecule has 0 aromatic heterocycles. The average molecular weight is 319 g/mol. The summed E-state index contributed by atoms with van der Waals surface area (Å²) in [6.45, 7) is 1.57. The molecule has 0 saturated carbocycles. The summed E-state index contributed by atoms with van der Waals surface area (Å²) >= 11 is 2.97. The predicted molar refractivity (Wildman–Crippen MR) is 67.4 cm³/mol. The van der Waals surface area contributed by atoms with Crippen molar-refractivity contribution in [3.63, 3.8) is 0 Å². The van der Waals surface area contributed by atoms with Gasteiger partial charge in [0.05, 0.1) is 0 Å². The van der Waals surface area contributed by atoms with E-state index in [2.05, 4.69) is 26.1 Å². The molecule has 0 radical (unpaired) electrons. The first-order chi connectivity index (χ1) is 8.47.